The lowest BCUT2D eigenvalue weighted by molar-refractivity contribution is -0.150. The van der Waals surface area contributed by atoms with Crippen molar-refractivity contribution in [2.75, 3.05) is 18.5 Å². The van der Waals surface area contributed by atoms with Crippen LogP contribution in [0.4, 0.5) is 10.5 Å². The molecule has 26 heavy (non-hydrogen) atoms. The average Bonchev–Trinajstić information content (AvgIpc) is 2.81. The van der Waals surface area contributed by atoms with Crippen LogP contribution < -0.4 is 10.6 Å². The first-order chi connectivity index (χ1) is 12.2. The second-order valence-corrected chi connectivity index (χ2v) is 6.54. The molecule has 0 aromatic heterocycles. The molecule has 4 amide bonds. The quantitative estimate of drug-likeness (QED) is 0.578. The molecule has 0 aliphatic carbocycles. The minimum atomic E-state index is -1.03. The molecule has 1 saturated heterocycles. The lowest BCUT2D eigenvalue weighted by Gasteiger charge is -2.18. The van der Waals surface area contributed by atoms with Crippen LogP contribution in [0.3, 0.4) is 0 Å². The van der Waals surface area contributed by atoms with Crippen molar-refractivity contribution in [2.24, 2.45) is 0 Å². The molecule has 0 saturated carbocycles. The van der Waals surface area contributed by atoms with Gasteiger partial charge in [0.05, 0.1) is 0 Å². The molecule has 1 aromatic carbocycles. The minimum Gasteiger partial charge on any atom is -0.454 e. The highest BCUT2D eigenvalue weighted by molar-refractivity contribution is 6.31. The molecule has 2 N–H and O–H groups in total. The molecule has 0 radical (unpaired) electrons. The Morgan fingerprint density at radius 2 is 2.04 bits per heavy atom. The van der Waals surface area contributed by atoms with Crippen LogP contribution in [0.25, 0.3) is 0 Å². The third-order valence-corrected chi connectivity index (χ3v) is 4.65. The predicted molar refractivity (Wildman–Crippen MR) is 94.7 cm³/mol. The number of amides is 4. The summed E-state index contributed by atoms with van der Waals surface area (Å²) in [6, 6.07) is 4.38. The monoisotopic (exact) mass is 381 g/mol. The Hall–Kier alpha value is -2.61. The Balaban J connectivity index is 1.87. The number of carbonyl (C=O) groups excluding carboxylic acids is 4. The van der Waals surface area contributed by atoms with E-state index >= 15 is 0 Å². The van der Waals surface area contributed by atoms with E-state index in [0.29, 0.717) is 22.7 Å². The number of ether oxygens (including phenoxy) is 1. The van der Waals surface area contributed by atoms with E-state index in [0.717, 1.165) is 4.90 Å². The first kappa shape index (κ1) is 19.7. The molecular weight excluding hydrogens is 362 g/mol. The molecule has 1 aliphatic rings. The summed E-state index contributed by atoms with van der Waals surface area (Å²) in [4.78, 5) is 48.6. The molecule has 1 aliphatic heterocycles. The summed E-state index contributed by atoms with van der Waals surface area (Å²) in [7, 11) is 0. The Kier molecular flexibility index (Phi) is 5.86. The molecule has 0 spiro atoms. The topological polar surface area (TPSA) is 105 Å². The van der Waals surface area contributed by atoms with Crippen molar-refractivity contribution in [1.82, 2.24) is 10.2 Å². The number of nitrogens with one attached hydrogen (secondary N) is 2. The second-order valence-electron chi connectivity index (χ2n) is 6.13. The Morgan fingerprint density at radius 3 is 2.65 bits per heavy atom. The molecular formula is C17H20ClN3O5. The molecule has 9 heteroatoms. The summed E-state index contributed by atoms with van der Waals surface area (Å²) in [5.41, 5.74) is 0.164. The number of esters is 1. The summed E-state index contributed by atoms with van der Waals surface area (Å²) in [6.07, 6.45) is 0.393. The first-order valence-electron chi connectivity index (χ1n) is 8.02. The van der Waals surface area contributed by atoms with E-state index in [-0.39, 0.29) is 0 Å². The molecule has 0 bridgehead atoms. The van der Waals surface area contributed by atoms with Gasteiger partial charge in [0.15, 0.2) is 6.61 Å². The fourth-order valence-electron chi connectivity index (χ4n) is 2.38. The van der Waals surface area contributed by atoms with Crippen molar-refractivity contribution in [3.8, 4) is 0 Å². The zero-order chi connectivity index (χ0) is 19.5. The number of imide groups is 1. The van der Waals surface area contributed by atoms with E-state index in [2.05, 4.69) is 10.6 Å². The third kappa shape index (κ3) is 4.13. The molecule has 140 valence electrons. The molecule has 0 unspecified atom stereocenters. The molecule has 1 atom stereocenters. The highest BCUT2D eigenvalue weighted by atomic mass is 35.5. The average molecular weight is 382 g/mol. The van der Waals surface area contributed by atoms with Crippen molar-refractivity contribution < 1.29 is 23.9 Å². The second kappa shape index (κ2) is 7.74. The van der Waals surface area contributed by atoms with E-state index in [9.17, 15) is 19.2 Å². The summed E-state index contributed by atoms with van der Waals surface area (Å²) < 4.78 is 4.85. The van der Waals surface area contributed by atoms with Gasteiger partial charge in [-0.05, 0) is 38.0 Å². The normalized spacial score (nSPS) is 19.3. The molecule has 1 heterocycles. The fraction of sp³-hybridized carbons (Fsp3) is 0.412. The third-order valence-electron chi connectivity index (χ3n) is 4.25. The van der Waals surface area contributed by atoms with Crippen LogP contribution in [0.5, 0.6) is 0 Å². The van der Waals surface area contributed by atoms with Crippen LogP contribution in [-0.2, 0) is 19.1 Å². The molecule has 2 rings (SSSR count). The van der Waals surface area contributed by atoms with E-state index < -0.39 is 42.5 Å². The Morgan fingerprint density at radius 1 is 1.35 bits per heavy atom. The summed E-state index contributed by atoms with van der Waals surface area (Å²) >= 11 is 5.97. The predicted octanol–water partition coefficient (Wildman–Crippen LogP) is 1.85. The highest BCUT2D eigenvalue weighted by Gasteiger charge is 2.47. The van der Waals surface area contributed by atoms with Crippen LogP contribution in [-0.4, -0.2) is 47.4 Å². The lowest BCUT2D eigenvalue weighted by atomic mass is 9.99. The highest BCUT2D eigenvalue weighted by Crippen LogP contribution is 2.23. The Labute approximate surface area is 155 Å². The van der Waals surface area contributed by atoms with Crippen molar-refractivity contribution in [2.45, 2.75) is 32.7 Å². The zero-order valence-corrected chi connectivity index (χ0v) is 15.5. The maximum atomic E-state index is 12.2. The van der Waals surface area contributed by atoms with Crippen LogP contribution in [0, 0.1) is 6.92 Å². The van der Waals surface area contributed by atoms with Crippen molar-refractivity contribution in [3.63, 3.8) is 0 Å². The van der Waals surface area contributed by atoms with E-state index in [4.69, 9.17) is 16.3 Å². The Bertz CT molecular complexity index is 767. The lowest BCUT2D eigenvalue weighted by Crippen LogP contribution is -2.43. The van der Waals surface area contributed by atoms with E-state index in [1.165, 1.54) is 0 Å². The van der Waals surface area contributed by atoms with Crippen LogP contribution in [0.1, 0.15) is 25.8 Å². The van der Waals surface area contributed by atoms with Gasteiger partial charge in [-0.2, -0.15) is 0 Å². The SMILES string of the molecule is CC[C@]1(C)NC(=O)N(CC(=O)OCC(=O)Nc2cccc(Cl)c2C)C1=O. The minimum absolute atomic E-state index is 0.393. The van der Waals surface area contributed by atoms with Gasteiger partial charge in [0.1, 0.15) is 12.1 Å². The first-order valence-corrected chi connectivity index (χ1v) is 8.40. The van der Waals surface area contributed by atoms with Crippen LogP contribution in [0.2, 0.25) is 5.02 Å². The number of anilines is 1. The number of hydrogen-bond acceptors (Lipinski definition) is 5. The molecule has 1 aromatic rings. The number of carbonyl (C=O) groups is 4. The fourth-order valence-corrected chi connectivity index (χ4v) is 2.55. The van der Waals surface area contributed by atoms with Crippen molar-refractivity contribution in [1.29, 1.82) is 0 Å². The number of rotatable bonds is 6. The van der Waals surface area contributed by atoms with Gasteiger partial charge in [0.25, 0.3) is 11.8 Å². The van der Waals surface area contributed by atoms with Crippen LogP contribution in [0.15, 0.2) is 18.2 Å². The van der Waals surface area contributed by atoms with Crippen molar-refractivity contribution >= 4 is 41.1 Å². The van der Waals surface area contributed by atoms with Gasteiger partial charge in [-0.25, -0.2) is 4.79 Å². The standard InChI is InChI=1S/C17H20ClN3O5/c1-4-17(3)15(24)21(16(25)20-17)8-14(23)26-9-13(22)19-12-7-5-6-11(18)10(12)2/h5-7H,4,8-9H2,1-3H3,(H,19,22)(H,20,25)/t17-/m0/s1. The summed E-state index contributed by atoms with van der Waals surface area (Å²) in [5, 5.41) is 5.61. The number of benzene rings is 1. The maximum Gasteiger partial charge on any atom is 0.326 e. The van der Waals surface area contributed by atoms with Gasteiger partial charge >= 0.3 is 12.0 Å². The van der Waals surface area contributed by atoms with E-state index in [1.807, 2.05) is 0 Å². The van der Waals surface area contributed by atoms with Crippen molar-refractivity contribution in [3.05, 3.63) is 28.8 Å². The number of urea groups is 1. The molecule has 1 fully saturated rings. The van der Waals surface area contributed by atoms with Crippen LogP contribution >= 0.6 is 11.6 Å². The number of hydrogen-bond donors (Lipinski definition) is 2. The smallest absolute Gasteiger partial charge is 0.326 e. The maximum absolute atomic E-state index is 12.2. The number of halogens is 1. The zero-order valence-electron chi connectivity index (χ0n) is 14.7. The largest absolute Gasteiger partial charge is 0.454 e. The van der Waals surface area contributed by atoms with Gasteiger partial charge in [-0.1, -0.05) is 24.6 Å². The van der Waals surface area contributed by atoms with Gasteiger partial charge < -0.3 is 15.4 Å². The van der Waals surface area contributed by atoms with Gasteiger partial charge in [0, 0.05) is 10.7 Å². The van der Waals surface area contributed by atoms with Gasteiger partial charge in [0.2, 0.25) is 0 Å². The van der Waals surface area contributed by atoms with Gasteiger partial charge in [-0.15, -0.1) is 0 Å². The number of nitrogens with zero attached hydrogens (tertiary/aromatic N) is 1. The van der Waals surface area contributed by atoms with Gasteiger partial charge in [-0.3, -0.25) is 19.3 Å². The summed E-state index contributed by atoms with van der Waals surface area (Å²) in [5.74, 6) is -1.91. The summed E-state index contributed by atoms with van der Waals surface area (Å²) in [6.45, 7) is 3.98. The molecule has 8 nitrogen and oxygen atoms in total. The van der Waals surface area contributed by atoms with E-state index in [1.54, 1.807) is 39.0 Å².